The molecular weight excluding hydrogens is 1270 g/mol. The van der Waals surface area contributed by atoms with Crippen molar-refractivity contribution in [3.05, 3.63) is 120 Å². The number of carbonyl (C=O) groups is 12. The minimum absolute atomic E-state index is 0.00697. The van der Waals surface area contributed by atoms with Crippen LogP contribution in [-0.4, -0.2) is 187 Å². The number of aromatic hydroxyl groups is 1. The minimum atomic E-state index is -1.80. The molecule has 3 aromatic carbocycles. The second kappa shape index (κ2) is 34.4. The smallest absolute Gasteiger partial charge is 0.302 e. The summed E-state index contributed by atoms with van der Waals surface area (Å²) in [5.74, 6) is -10.1. The number of likely N-dealkylation sites (tertiary alicyclic amines) is 1. The highest BCUT2D eigenvalue weighted by molar-refractivity contribution is 6.00. The predicted molar refractivity (Wildman–Crippen MR) is 356 cm³/mol. The molecule has 0 spiro atoms. The standard InChI is InChI=1S/C66H84N18O14/c1-35(2)24-48(58(90)77-47(14-8-22-71-66(68)69)65(97)84-23-9-15-54(84)64(96)74-32-55(67)87)78-60(92)50(26-38-29-72-44-12-6-4-10-42(38)44)80-59(91)49(25-37-16-18-41(86)19-17-37)79-63(95)53(33-98-36(3)85)83-61(93)51(27-39-30-73-45-13-7-5-11-43(39)45)81-62(94)52(28-40-31-70-34-75-40)82-57(89)46-20-21-56(88)76-46/h4-7,10-13,16-19,29-31,34-35,46-54,72-73,86H,8-9,14-15,20-28,32-33H2,1-3H3,(H2,67,87)(H,70,75)(H,74,96)(H,76,88)(H,77,90)(H,78,92)(H,79,95)(H,80,91)(H,81,94)(H,82,89)(H,83,93)(H4,68,69,71). The number of amides is 11. The summed E-state index contributed by atoms with van der Waals surface area (Å²) in [4.78, 5) is 186. The average Bonchev–Trinajstić information content (AvgIpc) is 1.61. The van der Waals surface area contributed by atoms with Gasteiger partial charge in [-0.2, -0.15) is 0 Å². The number of imidazole rings is 1. The third-order valence-corrected chi connectivity index (χ3v) is 16.7. The molecule has 0 aliphatic carbocycles. The fourth-order valence-corrected chi connectivity index (χ4v) is 11.7. The fraction of sp³-hybridized carbons (Fsp3) is 0.424. The van der Waals surface area contributed by atoms with Gasteiger partial charge < -0.3 is 94.7 Å². The van der Waals surface area contributed by atoms with E-state index in [4.69, 9.17) is 21.9 Å². The van der Waals surface area contributed by atoms with Crippen molar-refractivity contribution in [2.24, 2.45) is 28.1 Å². The SMILES string of the molecule is CC(=O)OCC(NC(=O)C(Cc1c[nH]c2ccccc12)NC(=O)C(Cc1cnc[nH]1)NC(=O)C1CCC(=O)N1)C(=O)NC(Cc1ccc(O)cc1)C(=O)NC(Cc1c[nH]c2ccccc12)C(=O)NC(CC(C)C)C(=O)NC(CCCN=C(N)N)C(=O)N1CCCC1C(=O)NCC(N)=O. The molecule has 5 heterocycles. The summed E-state index contributed by atoms with van der Waals surface area (Å²) in [6, 6.07) is 7.53. The molecule has 0 radical (unpaired) electrons. The summed E-state index contributed by atoms with van der Waals surface area (Å²) in [5.41, 5.74) is 19.7. The number of rotatable bonds is 34. The Labute approximate surface area is 562 Å². The van der Waals surface area contributed by atoms with Crippen LogP contribution in [0.1, 0.15) is 88.1 Å². The topological polar surface area (TPSA) is 496 Å². The van der Waals surface area contributed by atoms with Gasteiger partial charge >= 0.3 is 5.97 Å². The summed E-state index contributed by atoms with van der Waals surface area (Å²) in [5, 5.41) is 35.8. The molecule has 2 fully saturated rings. The zero-order chi connectivity index (χ0) is 70.6. The van der Waals surface area contributed by atoms with E-state index in [1.54, 1.807) is 74.8 Å². The number of primary amides is 1. The van der Waals surface area contributed by atoms with Gasteiger partial charge in [-0.05, 0) is 85.4 Å². The van der Waals surface area contributed by atoms with Crippen LogP contribution in [0.15, 0.2) is 103 Å². The Balaban J connectivity index is 1.08. The largest absolute Gasteiger partial charge is 0.508 e. The Morgan fingerprint density at radius 1 is 0.653 bits per heavy atom. The molecule has 19 N–H and O–H groups in total. The highest BCUT2D eigenvalue weighted by Crippen LogP contribution is 2.24. The van der Waals surface area contributed by atoms with Crippen LogP contribution in [-0.2, 0) is 88.0 Å². The van der Waals surface area contributed by atoms with Gasteiger partial charge in [0.15, 0.2) is 5.96 Å². The first-order valence-corrected chi connectivity index (χ1v) is 32.2. The number of hydrogen-bond acceptors (Lipinski definition) is 16. The normalized spacial score (nSPS) is 16.4. The monoisotopic (exact) mass is 1350 g/mol. The van der Waals surface area contributed by atoms with Crippen LogP contribution in [0, 0.1) is 5.92 Å². The Morgan fingerprint density at radius 3 is 1.73 bits per heavy atom. The number of phenolic OH excluding ortho intramolecular Hbond substituents is 1. The number of aromatic amines is 3. The Morgan fingerprint density at radius 2 is 1.19 bits per heavy atom. The van der Waals surface area contributed by atoms with E-state index in [1.165, 1.54) is 41.7 Å². The Bertz CT molecular complexity index is 3880. The number of aromatic nitrogens is 4. The number of nitrogens with two attached hydrogens (primary N) is 3. The molecule has 6 aromatic rings. The molecule has 2 aliphatic rings. The number of aliphatic imine (C=N–C) groups is 1. The lowest BCUT2D eigenvalue weighted by Gasteiger charge is -2.30. The number of nitrogens with one attached hydrogen (secondary N) is 12. The molecule has 0 saturated carbocycles. The van der Waals surface area contributed by atoms with Gasteiger partial charge in [-0.3, -0.25) is 62.5 Å². The van der Waals surface area contributed by atoms with Crippen LogP contribution < -0.4 is 65.1 Å². The van der Waals surface area contributed by atoms with Crippen molar-refractivity contribution in [2.75, 3.05) is 26.2 Å². The molecule has 9 atom stereocenters. The van der Waals surface area contributed by atoms with Crippen molar-refractivity contribution < 1.29 is 67.4 Å². The number of carbonyl (C=O) groups excluding carboxylic acids is 12. The lowest BCUT2D eigenvalue weighted by molar-refractivity contribution is -0.145. The number of nitrogens with zero attached hydrogens (tertiary/aromatic N) is 3. The van der Waals surface area contributed by atoms with E-state index < -0.39 is 133 Å². The van der Waals surface area contributed by atoms with Crippen molar-refractivity contribution in [1.29, 1.82) is 0 Å². The van der Waals surface area contributed by atoms with Gasteiger partial charge in [0.05, 0.1) is 12.9 Å². The maximum atomic E-state index is 15.3. The number of hydrogen-bond donors (Lipinski definition) is 16. The molecule has 98 heavy (non-hydrogen) atoms. The van der Waals surface area contributed by atoms with Crippen LogP contribution in [0.4, 0.5) is 0 Å². The lowest BCUT2D eigenvalue weighted by atomic mass is 9.99. The average molecular weight is 1350 g/mol. The molecule has 2 saturated heterocycles. The zero-order valence-corrected chi connectivity index (χ0v) is 54.4. The second-order valence-electron chi connectivity index (χ2n) is 24.6. The first-order valence-electron chi connectivity index (χ1n) is 32.2. The van der Waals surface area contributed by atoms with E-state index in [2.05, 4.69) is 72.8 Å². The second-order valence-corrected chi connectivity index (χ2v) is 24.6. The Hall–Kier alpha value is -11.3. The number of para-hydroxylation sites is 2. The maximum absolute atomic E-state index is 15.3. The molecule has 0 bridgehead atoms. The van der Waals surface area contributed by atoms with Gasteiger partial charge in [0.2, 0.25) is 65.0 Å². The number of H-pyrrole nitrogens is 3. The van der Waals surface area contributed by atoms with Crippen molar-refractivity contribution in [1.82, 2.24) is 72.7 Å². The number of phenols is 1. The van der Waals surface area contributed by atoms with Crippen LogP contribution in [0.2, 0.25) is 0 Å². The van der Waals surface area contributed by atoms with E-state index in [0.717, 1.165) is 6.92 Å². The lowest BCUT2D eigenvalue weighted by Crippen LogP contribution is -2.62. The summed E-state index contributed by atoms with van der Waals surface area (Å²) < 4.78 is 5.34. The van der Waals surface area contributed by atoms with Crippen LogP contribution >= 0.6 is 0 Å². The maximum Gasteiger partial charge on any atom is 0.302 e. The highest BCUT2D eigenvalue weighted by Gasteiger charge is 2.40. The molecule has 3 aromatic heterocycles. The summed E-state index contributed by atoms with van der Waals surface area (Å²) in [7, 11) is 0. The quantitative estimate of drug-likeness (QED) is 0.00924. The number of guanidine groups is 1. The molecule has 8 rings (SSSR count). The molecule has 9 unspecified atom stereocenters. The summed E-state index contributed by atoms with van der Waals surface area (Å²) in [6.45, 7) is 3.59. The molecule has 11 amide bonds. The van der Waals surface area contributed by atoms with Gasteiger partial charge in [0, 0.05) is 98.2 Å². The van der Waals surface area contributed by atoms with Gasteiger partial charge in [0.1, 0.15) is 66.7 Å². The number of benzene rings is 3. The fourth-order valence-electron chi connectivity index (χ4n) is 11.7. The van der Waals surface area contributed by atoms with Crippen LogP contribution in [0.25, 0.3) is 21.8 Å². The van der Waals surface area contributed by atoms with E-state index >= 15 is 14.4 Å². The Kier molecular flexibility index (Phi) is 25.4. The number of ether oxygens (including phenoxy) is 1. The molecule has 32 heteroatoms. The van der Waals surface area contributed by atoms with Gasteiger partial charge in [-0.1, -0.05) is 62.4 Å². The molecule has 2 aliphatic heterocycles. The molecular formula is C66H84N18O14. The first kappa shape index (κ1) is 72.5. The highest BCUT2D eigenvalue weighted by atomic mass is 16.5. The first-order chi connectivity index (χ1) is 46.9. The van der Waals surface area contributed by atoms with Crippen molar-refractivity contribution in [3.63, 3.8) is 0 Å². The zero-order valence-electron chi connectivity index (χ0n) is 54.4. The molecule has 32 nitrogen and oxygen atoms in total. The van der Waals surface area contributed by atoms with Crippen molar-refractivity contribution in [3.8, 4) is 5.75 Å². The van der Waals surface area contributed by atoms with Crippen LogP contribution in [0.5, 0.6) is 5.75 Å². The van der Waals surface area contributed by atoms with Crippen molar-refractivity contribution in [2.45, 2.75) is 146 Å². The summed E-state index contributed by atoms with van der Waals surface area (Å²) >= 11 is 0. The van der Waals surface area contributed by atoms with Gasteiger partial charge in [-0.25, -0.2) is 4.98 Å². The molecule has 522 valence electrons. The van der Waals surface area contributed by atoms with E-state index in [-0.39, 0.29) is 101 Å². The van der Waals surface area contributed by atoms with E-state index in [1.807, 2.05) is 0 Å². The van der Waals surface area contributed by atoms with Gasteiger partial charge in [-0.15, -0.1) is 0 Å². The number of fused-ring (bicyclic) bond motifs is 2. The third kappa shape index (κ3) is 20.6. The predicted octanol–water partition coefficient (Wildman–Crippen LogP) is -1.72. The van der Waals surface area contributed by atoms with E-state index in [9.17, 15) is 48.3 Å². The minimum Gasteiger partial charge on any atom is -0.508 e. The summed E-state index contributed by atoms with van der Waals surface area (Å²) in [6.07, 6.45) is 6.33. The third-order valence-electron chi connectivity index (χ3n) is 16.7. The van der Waals surface area contributed by atoms with Crippen LogP contribution in [0.3, 0.4) is 0 Å². The van der Waals surface area contributed by atoms with Gasteiger partial charge in [0.25, 0.3) is 0 Å². The number of esters is 1. The van der Waals surface area contributed by atoms with Crippen molar-refractivity contribution >= 4 is 98.7 Å². The van der Waals surface area contributed by atoms with E-state index in [0.29, 0.717) is 50.6 Å².